The Labute approximate surface area is 168 Å². The first-order valence-corrected chi connectivity index (χ1v) is 10.1. The molecule has 1 aliphatic heterocycles. The lowest BCUT2D eigenvalue weighted by Gasteiger charge is -2.36. The molecule has 0 aliphatic carbocycles. The van der Waals surface area contributed by atoms with Gasteiger partial charge in [0.2, 0.25) is 0 Å². The van der Waals surface area contributed by atoms with E-state index >= 15 is 0 Å². The molecule has 138 valence electrons. The molecule has 1 saturated heterocycles. The molecule has 2 aromatic rings. The number of aromatic nitrogens is 1. The Kier molecular flexibility index (Phi) is 6.68. The van der Waals surface area contributed by atoms with Crippen molar-refractivity contribution in [3.8, 4) is 0 Å². The van der Waals surface area contributed by atoms with E-state index in [0.717, 1.165) is 49.1 Å². The molecular formula is C20H23BrClN3O. The van der Waals surface area contributed by atoms with Crippen LogP contribution in [0, 0.1) is 0 Å². The Bertz CT molecular complexity index is 748. The van der Waals surface area contributed by atoms with Crippen molar-refractivity contribution in [3.05, 3.63) is 63.3 Å². The van der Waals surface area contributed by atoms with E-state index in [1.807, 2.05) is 36.3 Å². The minimum absolute atomic E-state index is 0.0109. The maximum atomic E-state index is 12.8. The van der Waals surface area contributed by atoms with Gasteiger partial charge in [-0.3, -0.25) is 9.78 Å². The fourth-order valence-electron chi connectivity index (χ4n) is 3.37. The van der Waals surface area contributed by atoms with Gasteiger partial charge in [0.1, 0.15) is 0 Å². The Balaban J connectivity index is 1.52. The molecule has 0 spiro atoms. The summed E-state index contributed by atoms with van der Waals surface area (Å²) in [4.78, 5) is 21.5. The van der Waals surface area contributed by atoms with Crippen LogP contribution in [-0.4, -0.2) is 53.4 Å². The quantitative estimate of drug-likeness (QED) is 0.702. The van der Waals surface area contributed by atoms with Crippen LogP contribution in [0.4, 0.5) is 0 Å². The van der Waals surface area contributed by atoms with Gasteiger partial charge in [-0.1, -0.05) is 33.6 Å². The highest BCUT2D eigenvalue weighted by Gasteiger charge is 2.27. The molecule has 1 fully saturated rings. The molecule has 6 heteroatoms. The van der Waals surface area contributed by atoms with Gasteiger partial charge in [0, 0.05) is 55.5 Å². The Morgan fingerprint density at radius 2 is 2.08 bits per heavy atom. The van der Waals surface area contributed by atoms with Gasteiger partial charge in [-0.25, -0.2) is 0 Å². The smallest absolute Gasteiger partial charge is 0.255 e. The number of hydrogen-bond donors (Lipinski definition) is 0. The standard InChI is InChI=1S/C20H23BrClN3O/c1-24(20(26)18-14-15(21)5-6-19(18)22)17-8-12-25(13-9-17)11-7-16-4-2-3-10-23-16/h2-6,10,14,17H,7-9,11-13H2,1H3. The Hall–Kier alpha value is -1.43. The van der Waals surface area contributed by atoms with Crippen LogP contribution >= 0.6 is 27.5 Å². The van der Waals surface area contributed by atoms with E-state index in [0.29, 0.717) is 10.6 Å². The molecule has 26 heavy (non-hydrogen) atoms. The number of nitrogens with zero attached hydrogens (tertiary/aromatic N) is 3. The number of likely N-dealkylation sites (tertiary alicyclic amines) is 1. The second kappa shape index (κ2) is 8.98. The van der Waals surface area contributed by atoms with Crippen LogP contribution in [0.3, 0.4) is 0 Å². The summed E-state index contributed by atoms with van der Waals surface area (Å²) >= 11 is 9.63. The van der Waals surface area contributed by atoms with Gasteiger partial charge in [-0.2, -0.15) is 0 Å². The van der Waals surface area contributed by atoms with Crippen LogP contribution in [0.1, 0.15) is 28.9 Å². The topological polar surface area (TPSA) is 36.4 Å². The highest BCUT2D eigenvalue weighted by molar-refractivity contribution is 9.10. The first kappa shape index (κ1) is 19.3. The maximum Gasteiger partial charge on any atom is 0.255 e. The molecule has 2 heterocycles. The number of rotatable bonds is 5. The van der Waals surface area contributed by atoms with Crippen molar-refractivity contribution >= 4 is 33.4 Å². The number of piperidine rings is 1. The van der Waals surface area contributed by atoms with Crippen molar-refractivity contribution in [2.24, 2.45) is 0 Å². The van der Waals surface area contributed by atoms with Gasteiger partial charge in [0.15, 0.2) is 0 Å². The van der Waals surface area contributed by atoms with Crippen LogP contribution in [0.25, 0.3) is 0 Å². The summed E-state index contributed by atoms with van der Waals surface area (Å²) in [5.74, 6) is -0.0109. The summed E-state index contributed by atoms with van der Waals surface area (Å²) in [7, 11) is 1.88. The second-order valence-electron chi connectivity index (χ2n) is 6.68. The molecule has 0 atom stereocenters. The average Bonchev–Trinajstić information content (AvgIpc) is 2.68. The minimum Gasteiger partial charge on any atom is -0.339 e. The third-order valence-electron chi connectivity index (χ3n) is 4.99. The van der Waals surface area contributed by atoms with E-state index in [9.17, 15) is 4.79 Å². The zero-order valence-electron chi connectivity index (χ0n) is 14.9. The van der Waals surface area contributed by atoms with Crippen LogP contribution in [0.15, 0.2) is 47.1 Å². The van der Waals surface area contributed by atoms with Crippen molar-refractivity contribution in [1.82, 2.24) is 14.8 Å². The first-order chi connectivity index (χ1) is 12.5. The lowest BCUT2D eigenvalue weighted by Crippen LogP contribution is -2.46. The number of carbonyl (C=O) groups excluding carboxylic acids is 1. The van der Waals surface area contributed by atoms with Crippen molar-refractivity contribution < 1.29 is 4.79 Å². The summed E-state index contributed by atoms with van der Waals surface area (Å²) < 4.78 is 0.864. The molecule has 1 aromatic carbocycles. The molecule has 4 nitrogen and oxygen atoms in total. The van der Waals surface area contributed by atoms with Gasteiger partial charge >= 0.3 is 0 Å². The molecule has 0 saturated carbocycles. The van der Waals surface area contributed by atoms with Crippen LogP contribution in [0.5, 0.6) is 0 Å². The zero-order chi connectivity index (χ0) is 18.5. The fraction of sp³-hybridized carbons (Fsp3) is 0.400. The lowest BCUT2D eigenvalue weighted by molar-refractivity contribution is 0.0643. The highest BCUT2D eigenvalue weighted by atomic mass is 79.9. The maximum absolute atomic E-state index is 12.8. The molecule has 3 rings (SSSR count). The third kappa shape index (κ3) is 4.84. The summed E-state index contributed by atoms with van der Waals surface area (Å²) in [6.07, 6.45) is 4.77. The Morgan fingerprint density at radius 1 is 1.31 bits per heavy atom. The highest BCUT2D eigenvalue weighted by Crippen LogP contribution is 2.24. The molecule has 1 aliphatic rings. The molecular weight excluding hydrogens is 414 g/mol. The van der Waals surface area contributed by atoms with Crippen molar-refractivity contribution in [3.63, 3.8) is 0 Å². The molecule has 0 radical (unpaired) electrons. The van der Waals surface area contributed by atoms with E-state index in [1.54, 1.807) is 12.1 Å². The molecule has 1 amide bonds. The molecule has 0 bridgehead atoms. The monoisotopic (exact) mass is 435 g/mol. The normalized spacial score (nSPS) is 15.8. The van der Waals surface area contributed by atoms with Gasteiger partial charge < -0.3 is 9.80 Å². The first-order valence-electron chi connectivity index (χ1n) is 8.89. The number of amides is 1. The summed E-state index contributed by atoms with van der Waals surface area (Å²) in [5, 5.41) is 0.498. The predicted molar refractivity (Wildman–Crippen MR) is 109 cm³/mol. The van der Waals surface area contributed by atoms with Gasteiger partial charge in [-0.15, -0.1) is 0 Å². The number of carbonyl (C=O) groups is 1. The van der Waals surface area contributed by atoms with Crippen LogP contribution in [-0.2, 0) is 6.42 Å². The minimum atomic E-state index is -0.0109. The van der Waals surface area contributed by atoms with Crippen molar-refractivity contribution in [1.29, 1.82) is 0 Å². The van der Waals surface area contributed by atoms with Crippen LogP contribution in [0.2, 0.25) is 5.02 Å². The van der Waals surface area contributed by atoms with E-state index < -0.39 is 0 Å². The largest absolute Gasteiger partial charge is 0.339 e. The van der Waals surface area contributed by atoms with Gasteiger partial charge in [0.05, 0.1) is 10.6 Å². The summed E-state index contributed by atoms with van der Waals surface area (Å²) in [6, 6.07) is 11.7. The number of pyridine rings is 1. The SMILES string of the molecule is CN(C(=O)c1cc(Br)ccc1Cl)C1CCN(CCc2ccccn2)CC1. The molecule has 0 N–H and O–H groups in total. The lowest BCUT2D eigenvalue weighted by atomic mass is 10.0. The summed E-state index contributed by atoms with van der Waals surface area (Å²) in [5.41, 5.74) is 1.69. The van der Waals surface area contributed by atoms with E-state index in [1.165, 1.54) is 0 Å². The number of benzene rings is 1. The van der Waals surface area contributed by atoms with Gasteiger partial charge in [-0.05, 0) is 43.2 Å². The number of hydrogen-bond acceptors (Lipinski definition) is 3. The van der Waals surface area contributed by atoms with Gasteiger partial charge in [0.25, 0.3) is 5.91 Å². The molecule has 0 unspecified atom stereocenters. The zero-order valence-corrected chi connectivity index (χ0v) is 17.2. The summed E-state index contributed by atoms with van der Waals surface area (Å²) in [6.45, 7) is 3.02. The van der Waals surface area contributed by atoms with Crippen LogP contribution < -0.4 is 0 Å². The van der Waals surface area contributed by atoms with E-state index in [4.69, 9.17) is 11.6 Å². The van der Waals surface area contributed by atoms with E-state index in [2.05, 4.69) is 31.9 Å². The average molecular weight is 437 g/mol. The van der Waals surface area contributed by atoms with E-state index in [-0.39, 0.29) is 11.9 Å². The Morgan fingerprint density at radius 3 is 2.77 bits per heavy atom. The second-order valence-corrected chi connectivity index (χ2v) is 8.01. The number of halogens is 2. The fourth-order valence-corrected chi connectivity index (χ4v) is 3.93. The third-order valence-corrected chi connectivity index (χ3v) is 5.82. The predicted octanol–water partition coefficient (Wildman–Crippen LogP) is 4.28. The van der Waals surface area contributed by atoms with Crippen molar-refractivity contribution in [2.75, 3.05) is 26.7 Å². The molecule has 1 aromatic heterocycles. The van der Waals surface area contributed by atoms with Crippen molar-refractivity contribution in [2.45, 2.75) is 25.3 Å².